The summed E-state index contributed by atoms with van der Waals surface area (Å²) in [4.78, 5) is 8.78. The van der Waals surface area contributed by atoms with Crippen LogP contribution in [-0.4, -0.2) is 10.9 Å². The van der Waals surface area contributed by atoms with E-state index in [0.717, 1.165) is 22.8 Å². The number of guanidine groups is 1. The average Bonchev–Trinajstić information content (AvgIpc) is 2.89. The third-order valence-electron chi connectivity index (χ3n) is 3.09. The van der Waals surface area contributed by atoms with E-state index < -0.39 is 0 Å². The van der Waals surface area contributed by atoms with E-state index in [1.165, 1.54) is 11.1 Å². The van der Waals surface area contributed by atoms with Gasteiger partial charge >= 0.3 is 0 Å². The summed E-state index contributed by atoms with van der Waals surface area (Å²) in [5, 5.41) is 6.27. The van der Waals surface area contributed by atoms with Crippen LogP contribution in [0.15, 0.2) is 28.6 Å². The molecule has 0 aliphatic carbocycles. The van der Waals surface area contributed by atoms with E-state index in [9.17, 15) is 0 Å². The van der Waals surface area contributed by atoms with Gasteiger partial charge in [0.2, 0.25) is 0 Å². The summed E-state index contributed by atoms with van der Waals surface area (Å²) >= 11 is 1.67. The van der Waals surface area contributed by atoms with E-state index in [0.29, 0.717) is 12.5 Å². The Bertz CT molecular complexity index is 622. The maximum Gasteiger partial charge on any atom is 0.193 e. The number of aryl methyl sites for hydroxylation is 3. The first-order chi connectivity index (χ1) is 9.58. The lowest BCUT2D eigenvalue weighted by Gasteiger charge is -2.07. The molecule has 0 aliphatic rings. The Morgan fingerprint density at radius 1 is 1.33 bits per heavy atom. The molecule has 2 rings (SSSR count). The number of thiazole rings is 1. The number of halogens is 1. The van der Waals surface area contributed by atoms with Gasteiger partial charge in [0.15, 0.2) is 5.96 Å². The topological polar surface area (TPSA) is 63.3 Å². The average molecular weight is 416 g/mol. The summed E-state index contributed by atoms with van der Waals surface area (Å²) in [6.45, 7) is 6.78. The second kappa shape index (κ2) is 8.33. The van der Waals surface area contributed by atoms with Crippen LogP contribution in [0.5, 0.6) is 0 Å². The van der Waals surface area contributed by atoms with Crippen molar-refractivity contribution in [3.63, 3.8) is 0 Å². The molecule has 114 valence electrons. The van der Waals surface area contributed by atoms with Crippen molar-refractivity contribution in [1.82, 2.24) is 4.98 Å². The zero-order valence-corrected chi connectivity index (χ0v) is 15.7. The molecule has 1 heterocycles. The molecule has 4 nitrogen and oxygen atoms in total. The summed E-state index contributed by atoms with van der Waals surface area (Å²) < 4.78 is 0. The molecule has 0 unspecified atom stereocenters. The Morgan fingerprint density at radius 3 is 2.71 bits per heavy atom. The number of aromatic nitrogens is 1. The monoisotopic (exact) mass is 416 g/mol. The highest BCUT2D eigenvalue weighted by molar-refractivity contribution is 14.0. The molecule has 0 radical (unpaired) electrons. The summed E-state index contributed by atoms with van der Waals surface area (Å²) in [5.74, 6) is 0.416. The Balaban J connectivity index is 0.00000220. The third kappa shape index (κ3) is 5.28. The number of nitrogens with one attached hydrogen (secondary N) is 1. The summed E-state index contributed by atoms with van der Waals surface area (Å²) in [7, 11) is 0. The standard InChI is InChI=1S/C15H20N4S.HI/c1-4-14-18-13(9-20-14)8-17-15(16)19-12-6-5-10(2)11(3)7-12;/h5-7,9H,4,8H2,1-3H3,(H3,16,17,19);1H. The number of rotatable bonds is 4. The smallest absolute Gasteiger partial charge is 0.193 e. The van der Waals surface area contributed by atoms with Crippen molar-refractivity contribution in [1.29, 1.82) is 0 Å². The van der Waals surface area contributed by atoms with Crippen LogP contribution in [0.4, 0.5) is 5.69 Å². The first-order valence-electron chi connectivity index (χ1n) is 6.66. The van der Waals surface area contributed by atoms with Crippen LogP contribution in [0, 0.1) is 13.8 Å². The fraction of sp³-hybridized carbons (Fsp3) is 0.333. The van der Waals surface area contributed by atoms with Gasteiger partial charge in [-0.25, -0.2) is 9.98 Å². The van der Waals surface area contributed by atoms with Gasteiger partial charge in [0, 0.05) is 11.1 Å². The lowest BCUT2D eigenvalue weighted by Crippen LogP contribution is -2.22. The van der Waals surface area contributed by atoms with Gasteiger partial charge in [-0.15, -0.1) is 35.3 Å². The van der Waals surface area contributed by atoms with Crippen molar-refractivity contribution < 1.29 is 0 Å². The minimum absolute atomic E-state index is 0. The van der Waals surface area contributed by atoms with Crippen LogP contribution in [0.2, 0.25) is 0 Å². The molecule has 0 spiro atoms. The van der Waals surface area contributed by atoms with Crippen LogP contribution in [0.25, 0.3) is 0 Å². The second-order valence-corrected chi connectivity index (χ2v) is 5.65. The summed E-state index contributed by atoms with van der Waals surface area (Å²) in [5.41, 5.74) is 10.3. The van der Waals surface area contributed by atoms with Crippen LogP contribution in [0.1, 0.15) is 28.8 Å². The molecule has 0 fully saturated rings. The van der Waals surface area contributed by atoms with E-state index in [-0.39, 0.29) is 24.0 Å². The summed E-state index contributed by atoms with van der Waals surface area (Å²) in [6, 6.07) is 6.14. The van der Waals surface area contributed by atoms with Gasteiger partial charge in [0.25, 0.3) is 0 Å². The maximum atomic E-state index is 5.90. The minimum atomic E-state index is 0. The van der Waals surface area contributed by atoms with Crippen LogP contribution >= 0.6 is 35.3 Å². The molecule has 6 heteroatoms. The quantitative estimate of drug-likeness (QED) is 0.452. The molecule has 3 N–H and O–H groups in total. The van der Waals surface area contributed by atoms with Crippen molar-refractivity contribution in [2.24, 2.45) is 10.7 Å². The third-order valence-corrected chi connectivity index (χ3v) is 4.13. The van der Waals surface area contributed by atoms with Crippen LogP contribution in [-0.2, 0) is 13.0 Å². The molecule has 0 saturated carbocycles. The molecular weight excluding hydrogens is 395 g/mol. The molecule has 0 saturated heterocycles. The van der Waals surface area contributed by atoms with Crippen molar-refractivity contribution in [2.45, 2.75) is 33.7 Å². The zero-order valence-electron chi connectivity index (χ0n) is 12.5. The van der Waals surface area contributed by atoms with Crippen molar-refractivity contribution >= 4 is 47.0 Å². The van der Waals surface area contributed by atoms with Crippen molar-refractivity contribution in [3.8, 4) is 0 Å². The first-order valence-corrected chi connectivity index (χ1v) is 7.54. The Labute approximate surface area is 146 Å². The van der Waals surface area contributed by atoms with Crippen molar-refractivity contribution in [2.75, 3.05) is 5.32 Å². The molecule has 2 aromatic rings. The summed E-state index contributed by atoms with van der Waals surface area (Å²) in [6.07, 6.45) is 0.963. The Hall–Kier alpha value is -1.15. The number of nitrogens with zero attached hydrogens (tertiary/aromatic N) is 2. The SMILES string of the molecule is CCc1nc(CN=C(N)Nc2ccc(C)c(C)c2)cs1.I. The van der Waals surface area contributed by atoms with Gasteiger partial charge in [0.1, 0.15) is 0 Å². The predicted molar refractivity (Wildman–Crippen MR) is 102 cm³/mol. The molecular formula is C15H21IN4S. The number of nitrogens with two attached hydrogens (primary N) is 1. The first kappa shape index (κ1) is 17.9. The molecule has 21 heavy (non-hydrogen) atoms. The minimum Gasteiger partial charge on any atom is -0.370 e. The van der Waals surface area contributed by atoms with Crippen LogP contribution in [0.3, 0.4) is 0 Å². The van der Waals surface area contributed by atoms with Gasteiger partial charge in [-0.05, 0) is 43.5 Å². The highest BCUT2D eigenvalue weighted by atomic mass is 127. The van der Waals surface area contributed by atoms with E-state index in [2.05, 4.69) is 48.2 Å². The van der Waals surface area contributed by atoms with Crippen molar-refractivity contribution in [3.05, 3.63) is 45.4 Å². The fourth-order valence-corrected chi connectivity index (χ4v) is 2.49. The van der Waals surface area contributed by atoms with Gasteiger partial charge in [-0.3, -0.25) is 0 Å². The molecule has 1 aromatic heterocycles. The normalized spacial score (nSPS) is 11.1. The van der Waals surface area contributed by atoms with E-state index >= 15 is 0 Å². The number of hydrogen-bond acceptors (Lipinski definition) is 3. The number of hydrogen-bond donors (Lipinski definition) is 2. The number of benzene rings is 1. The molecule has 0 aliphatic heterocycles. The van der Waals surface area contributed by atoms with Gasteiger partial charge in [0.05, 0.1) is 17.2 Å². The van der Waals surface area contributed by atoms with E-state index in [4.69, 9.17) is 5.73 Å². The van der Waals surface area contributed by atoms with Gasteiger partial charge in [-0.2, -0.15) is 0 Å². The highest BCUT2D eigenvalue weighted by Gasteiger charge is 2.01. The highest BCUT2D eigenvalue weighted by Crippen LogP contribution is 2.14. The van der Waals surface area contributed by atoms with E-state index in [1.807, 2.05) is 11.4 Å². The lowest BCUT2D eigenvalue weighted by molar-refractivity contribution is 0.969. The van der Waals surface area contributed by atoms with Gasteiger partial charge < -0.3 is 11.1 Å². The van der Waals surface area contributed by atoms with E-state index in [1.54, 1.807) is 11.3 Å². The Morgan fingerprint density at radius 2 is 2.10 bits per heavy atom. The number of aliphatic imine (C=N–C) groups is 1. The molecule has 0 bridgehead atoms. The Kier molecular flexibility index (Phi) is 7.10. The zero-order chi connectivity index (χ0) is 14.5. The largest absolute Gasteiger partial charge is 0.370 e. The molecule has 0 amide bonds. The second-order valence-electron chi connectivity index (χ2n) is 4.71. The number of anilines is 1. The predicted octanol–water partition coefficient (Wildman–Crippen LogP) is 3.87. The van der Waals surface area contributed by atoms with Gasteiger partial charge in [-0.1, -0.05) is 13.0 Å². The van der Waals surface area contributed by atoms with Crippen LogP contribution < -0.4 is 11.1 Å². The fourth-order valence-electron chi connectivity index (χ4n) is 1.76. The lowest BCUT2D eigenvalue weighted by atomic mass is 10.1. The molecule has 1 aromatic carbocycles. The maximum absolute atomic E-state index is 5.90. The molecule has 0 atom stereocenters.